The van der Waals surface area contributed by atoms with Crippen molar-refractivity contribution in [3.8, 4) is 0 Å². The maximum Gasteiger partial charge on any atom is 0.306 e. The molecule has 0 aliphatic heterocycles. The van der Waals surface area contributed by atoms with E-state index < -0.39 is 104 Å². The minimum Gasteiger partial charge on any atom is -0.756 e. The molecule has 0 aromatic heterocycles. The summed E-state index contributed by atoms with van der Waals surface area (Å²) in [6.45, 7) is -4.13. The van der Waals surface area contributed by atoms with Gasteiger partial charge in [0.1, 0.15) is 43.2 Å². The van der Waals surface area contributed by atoms with Crippen molar-refractivity contribution in [1.82, 2.24) is 18.5 Å². The van der Waals surface area contributed by atoms with Crippen LogP contribution in [-0.2, 0) is 50.9 Å². The first-order valence-electron chi connectivity index (χ1n) is 25.3. The van der Waals surface area contributed by atoms with Gasteiger partial charge in [0.25, 0.3) is 23.5 Å². The number of rotatable bonds is 40. The highest BCUT2D eigenvalue weighted by Crippen LogP contribution is 2.47. The number of hydrogen-bond acceptors (Lipinski definition) is 17. The van der Waals surface area contributed by atoms with Gasteiger partial charge in [-0.1, -0.05) is 168 Å². The Labute approximate surface area is 400 Å². The van der Waals surface area contributed by atoms with Crippen molar-refractivity contribution in [1.29, 1.82) is 0 Å². The van der Waals surface area contributed by atoms with Crippen molar-refractivity contribution in [2.45, 2.75) is 236 Å². The Bertz CT molecular complexity index is 1560. The molecule has 1 rings (SSSR count). The van der Waals surface area contributed by atoms with Gasteiger partial charge in [0.15, 0.2) is 6.08 Å². The number of carbonyl (C=O) groups excluding carboxylic acids is 2. The number of phosphoric ester groups is 3. The van der Waals surface area contributed by atoms with Gasteiger partial charge in [0.05, 0.1) is 13.4 Å². The second kappa shape index (κ2) is 39.7. The fourth-order valence-corrected chi connectivity index (χ4v) is 8.97. The lowest BCUT2D eigenvalue weighted by Crippen LogP contribution is -2.65. The van der Waals surface area contributed by atoms with Gasteiger partial charge in [0, 0.05) is 12.8 Å². The summed E-state index contributed by atoms with van der Waals surface area (Å²) in [5.74, 6) is -2.75. The molecule has 0 aromatic rings. The van der Waals surface area contributed by atoms with Gasteiger partial charge in [-0.3, -0.25) is 23.3 Å². The topological polar surface area (TPSA) is 421 Å². The molecule has 0 saturated heterocycles. The standard InChI is InChI=1S/C41H81O19P3.3H3N/c1-3-5-7-9-11-13-15-17-19-21-23-25-27-29-34(42)55-31-33(57-35(43)30-28-26-24-22-20-18-16-14-12-10-8-6-4-2)32-56-63(53,54)60-41-37(45)39(58-61(47,48)49)36(44)40(38(41)46)59-62(50,51)52;;;/h33,36-41,44-46H,3-32H2,1-2H3,(H,53,54)(H2,47,48,49)(H2,50,51,52);3*1H3/t33?,36?,37-,38-,39-,40+,41?;;;/m1.../s1/i31D2,32D2,33D;;;. The van der Waals surface area contributed by atoms with Crippen molar-refractivity contribution >= 4 is 35.4 Å². The molecule has 1 saturated carbocycles. The van der Waals surface area contributed by atoms with Crippen LogP contribution in [0.25, 0.3) is 0 Å². The van der Waals surface area contributed by atoms with Gasteiger partial charge < -0.3 is 85.8 Å². The molecule has 0 bridgehead atoms. The molecule has 398 valence electrons. The highest BCUT2D eigenvalue weighted by atomic mass is 31.2. The molecule has 66 heavy (non-hydrogen) atoms. The Morgan fingerprint density at radius 2 is 0.803 bits per heavy atom. The van der Waals surface area contributed by atoms with Crippen LogP contribution in [0.1, 0.15) is 200 Å². The minimum absolute atomic E-state index is 0. The Hall–Kier alpha value is -0.970. The van der Waals surface area contributed by atoms with E-state index in [9.17, 15) is 63.1 Å². The fourth-order valence-electron chi connectivity index (χ4n) is 7.07. The smallest absolute Gasteiger partial charge is 0.306 e. The van der Waals surface area contributed by atoms with E-state index >= 15 is 0 Å². The van der Waals surface area contributed by atoms with Crippen LogP contribution in [0.4, 0.5) is 0 Å². The molecule has 0 radical (unpaired) electrons. The second-order valence-electron chi connectivity index (χ2n) is 16.1. The molecule has 1 aliphatic rings. The van der Waals surface area contributed by atoms with Gasteiger partial charge in [0.2, 0.25) is 0 Å². The number of quaternary nitrogens is 3. The molecular weight excluding hydrogens is 931 g/mol. The molecular formula is C41H90N3O19P3. The molecule has 17 N–H and O–H groups in total. The first kappa shape index (κ1) is 59.3. The summed E-state index contributed by atoms with van der Waals surface area (Å²) >= 11 is 0. The van der Waals surface area contributed by atoms with Gasteiger partial charge in [-0.25, -0.2) is 0 Å². The molecule has 1 aliphatic carbocycles. The number of ether oxygens (including phenoxy) is 2. The van der Waals surface area contributed by atoms with Crippen molar-refractivity contribution < 1.29 is 97.5 Å². The minimum atomic E-state index is -6.65. The predicted molar refractivity (Wildman–Crippen MR) is 245 cm³/mol. The van der Waals surface area contributed by atoms with E-state index in [0.717, 1.165) is 70.6 Å². The Balaban J connectivity index is -0.0000154. The van der Waals surface area contributed by atoms with E-state index in [1.54, 1.807) is 0 Å². The van der Waals surface area contributed by atoms with Crippen LogP contribution in [0, 0.1) is 0 Å². The maximum atomic E-state index is 13.3. The first-order chi connectivity index (χ1) is 31.6. The number of unbranched alkanes of at least 4 members (excludes halogenated alkanes) is 24. The number of hydrogen-bond donors (Lipinski definition) is 8. The highest BCUT2D eigenvalue weighted by molar-refractivity contribution is 7.46. The summed E-state index contributed by atoms with van der Waals surface area (Å²) in [6.07, 6.45) is 2.77. The van der Waals surface area contributed by atoms with Crippen molar-refractivity contribution in [2.75, 3.05) is 13.1 Å². The summed E-state index contributed by atoms with van der Waals surface area (Å²) < 4.78 is 106. The first-order valence-corrected chi connectivity index (χ1v) is 27.2. The van der Waals surface area contributed by atoms with Crippen molar-refractivity contribution in [2.24, 2.45) is 0 Å². The molecule has 0 heterocycles. The molecule has 0 amide bonds. The molecule has 6 unspecified atom stereocenters. The summed E-state index contributed by atoms with van der Waals surface area (Å²) in [5.41, 5.74) is 0. The van der Waals surface area contributed by atoms with E-state index in [-0.39, 0.29) is 31.3 Å². The lowest BCUT2D eigenvalue weighted by atomic mass is 9.85. The van der Waals surface area contributed by atoms with Crippen molar-refractivity contribution in [3.63, 3.8) is 0 Å². The Morgan fingerprint density at radius 1 is 0.515 bits per heavy atom. The van der Waals surface area contributed by atoms with Crippen LogP contribution in [0.15, 0.2) is 0 Å². The molecule has 0 spiro atoms. The zero-order chi connectivity index (χ0) is 51.7. The molecule has 22 nitrogen and oxygen atoms in total. The van der Waals surface area contributed by atoms with E-state index in [1.807, 2.05) is 0 Å². The van der Waals surface area contributed by atoms with Crippen LogP contribution < -0.4 is 33.1 Å². The number of aliphatic hydroxyl groups is 3. The van der Waals surface area contributed by atoms with Crippen LogP contribution >= 0.6 is 23.5 Å². The number of phosphoric acid groups is 3. The van der Waals surface area contributed by atoms with Crippen LogP contribution in [-0.4, -0.2) is 92.9 Å². The third kappa shape index (κ3) is 35.2. The lowest BCUT2D eigenvalue weighted by molar-refractivity contribution is -0.278. The molecule has 25 heteroatoms. The zero-order valence-electron chi connectivity index (χ0n) is 45.1. The summed E-state index contributed by atoms with van der Waals surface area (Å²) in [4.78, 5) is 80.7. The largest absolute Gasteiger partial charge is 0.756 e. The Kier molecular flexibility index (Phi) is 35.7. The predicted octanol–water partition coefficient (Wildman–Crippen LogP) is 7.19. The van der Waals surface area contributed by atoms with Gasteiger partial charge in [-0.15, -0.1) is 0 Å². The van der Waals surface area contributed by atoms with Gasteiger partial charge in [-0.05, 0) is 12.8 Å². The maximum absolute atomic E-state index is 13.3. The van der Waals surface area contributed by atoms with Crippen LogP contribution in [0.3, 0.4) is 0 Å². The third-order valence-corrected chi connectivity index (χ3v) is 12.3. The van der Waals surface area contributed by atoms with Crippen LogP contribution in [0.2, 0.25) is 0 Å². The number of esters is 2. The summed E-state index contributed by atoms with van der Waals surface area (Å²) in [7, 11) is -18.6. The van der Waals surface area contributed by atoms with Crippen molar-refractivity contribution in [3.05, 3.63) is 0 Å². The quantitative estimate of drug-likeness (QED) is 0.0171. The number of carbonyl (C=O) groups is 2. The van der Waals surface area contributed by atoms with Crippen LogP contribution in [0.5, 0.6) is 0 Å². The SMILES string of the molecule is [2H]C([2H])(OC(=O)CCCCCCCCCCCCCCC)C([2H])(OC(=O)CCCCCCCCCCCCCCC)C([2H])([2H])OP(=O)([O-])OC1[C@H](O)[C@H](OP(=O)([O-])O)C(O)[C@H](OP(=O)([O-])O)[C@H]1O.[NH4+].[NH4+].[NH4+]. The molecule has 1 fully saturated rings. The highest BCUT2D eigenvalue weighted by Gasteiger charge is 2.54. The molecule has 0 aromatic carbocycles. The average Bonchev–Trinajstić information content (AvgIpc) is 3.21. The third-order valence-electron chi connectivity index (χ3n) is 10.5. The van der Waals surface area contributed by atoms with E-state index in [0.29, 0.717) is 19.3 Å². The fraction of sp³-hybridized carbons (Fsp3) is 0.951. The van der Waals surface area contributed by atoms with E-state index in [1.165, 1.54) is 64.2 Å². The monoisotopic (exact) mass is 1030 g/mol. The van der Waals surface area contributed by atoms with E-state index in [4.69, 9.17) is 16.3 Å². The van der Waals surface area contributed by atoms with Gasteiger partial charge >= 0.3 is 11.9 Å². The number of aliphatic hydroxyl groups excluding tert-OH is 3. The summed E-state index contributed by atoms with van der Waals surface area (Å²) in [5, 5.41) is 31.8. The van der Waals surface area contributed by atoms with Gasteiger partial charge in [-0.2, -0.15) is 0 Å². The normalized spacial score (nSPS) is 24.6. The zero-order valence-corrected chi connectivity index (χ0v) is 42.7. The second-order valence-corrected chi connectivity index (χ2v) is 19.7. The molecule has 10 atom stereocenters. The summed E-state index contributed by atoms with van der Waals surface area (Å²) in [6, 6.07) is 0. The lowest BCUT2D eigenvalue weighted by Gasteiger charge is -2.47. The average molecular weight is 1030 g/mol. The Morgan fingerprint density at radius 3 is 1.12 bits per heavy atom. The van der Waals surface area contributed by atoms with E-state index in [2.05, 4.69) is 31.9 Å².